The molecule has 2 heterocycles. The predicted molar refractivity (Wildman–Crippen MR) is 108 cm³/mol. The average Bonchev–Trinajstić information content (AvgIpc) is 3.09. The van der Waals surface area contributed by atoms with Crippen LogP contribution in [-0.2, 0) is 5.75 Å². The van der Waals surface area contributed by atoms with Gasteiger partial charge in [-0.3, -0.25) is 0 Å². The van der Waals surface area contributed by atoms with E-state index in [2.05, 4.69) is 15.2 Å². The van der Waals surface area contributed by atoms with Gasteiger partial charge in [-0.25, -0.2) is 9.37 Å². The summed E-state index contributed by atoms with van der Waals surface area (Å²) in [6.07, 6.45) is 0. The number of aromatic nitrogens is 3. The van der Waals surface area contributed by atoms with Crippen LogP contribution in [0.2, 0.25) is 0 Å². The normalized spacial score (nSPS) is 11.1. The molecule has 4 rings (SSSR count). The highest BCUT2D eigenvalue weighted by atomic mass is 32.2. The van der Waals surface area contributed by atoms with Crippen molar-refractivity contribution in [3.05, 3.63) is 64.9 Å². The number of nitrogens with zero attached hydrogens (tertiary/aromatic N) is 3. The lowest BCUT2D eigenvalue weighted by Gasteiger charge is -2.06. The van der Waals surface area contributed by atoms with Gasteiger partial charge in [0.2, 0.25) is 0 Å². The Morgan fingerprint density at radius 2 is 1.78 bits per heavy atom. The molecule has 2 aromatic heterocycles. The van der Waals surface area contributed by atoms with Crippen LogP contribution in [0.15, 0.2) is 53.6 Å². The number of hydrogen-bond acceptors (Lipinski definition) is 6. The van der Waals surface area contributed by atoms with Crippen molar-refractivity contribution in [2.24, 2.45) is 0 Å². The molecular formula is C20H16FN3OS2. The smallest absolute Gasteiger partial charge is 0.146 e. The summed E-state index contributed by atoms with van der Waals surface area (Å²) in [7, 11) is 1.65. The maximum Gasteiger partial charge on any atom is 0.146 e. The zero-order valence-electron chi connectivity index (χ0n) is 14.8. The lowest BCUT2D eigenvalue weighted by atomic mass is 10.1. The third-order valence-electron chi connectivity index (χ3n) is 4.04. The molecule has 4 aromatic rings. The summed E-state index contributed by atoms with van der Waals surface area (Å²) in [4.78, 5) is 4.67. The van der Waals surface area contributed by atoms with Gasteiger partial charge >= 0.3 is 0 Å². The molecule has 7 heteroatoms. The number of aryl methyl sites for hydroxylation is 1. The Kier molecular flexibility index (Phi) is 5.05. The molecule has 0 saturated carbocycles. The van der Waals surface area contributed by atoms with E-state index in [1.807, 2.05) is 31.2 Å². The van der Waals surface area contributed by atoms with Gasteiger partial charge in [-0.05, 0) is 48.9 Å². The molecule has 0 aliphatic carbocycles. The molecule has 0 amide bonds. The predicted octanol–water partition coefficient (Wildman–Crippen LogP) is 5.50. The molecule has 0 aliphatic heterocycles. The minimum atomic E-state index is -0.232. The highest BCUT2D eigenvalue weighted by molar-refractivity contribution is 7.98. The van der Waals surface area contributed by atoms with Gasteiger partial charge in [0.15, 0.2) is 0 Å². The maximum atomic E-state index is 13.1. The third kappa shape index (κ3) is 3.79. The number of rotatable bonds is 5. The quantitative estimate of drug-likeness (QED) is 0.416. The Morgan fingerprint density at radius 1 is 1.04 bits per heavy atom. The van der Waals surface area contributed by atoms with E-state index in [9.17, 15) is 4.39 Å². The van der Waals surface area contributed by atoms with Crippen LogP contribution in [-0.4, -0.2) is 22.3 Å². The van der Waals surface area contributed by atoms with Crippen LogP contribution in [0.25, 0.3) is 21.5 Å². The van der Waals surface area contributed by atoms with Crippen molar-refractivity contribution in [1.82, 2.24) is 15.2 Å². The molecule has 2 aromatic carbocycles. The molecule has 0 bridgehead atoms. The second-order valence-electron chi connectivity index (χ2n) is 5.91. The van der Waals surface area contributed by atoms with Gasteiger partial charge in [-0.1, -0.05) is 23.9 Å². The standard InChI is InChI=1S/C20H16FN3OS2/c1-12-22-18-19(27-12)17(14-5-9-16(25-2)10-6-14)23-24-20(18)26-11-13-3-7-15(21)8-4-13/h3-10H,11H2,1-2H3. The molecule has 0 unspecified atom stereocenters. The molecule has 0 fully saturated rings. The van der Waals surface area contributed by atoms with Gasteiger partial charge in [-0.15, -0.1) is 21.5 Å². The van der Waals surface area contributed by atoms with Crippen molar-refractivity contribution in [2.75, 3.05) is 7.11 Å². The van der Waals surface area contributed by atoms with Gasteiger partial charge in [-0.2, -0.15) is 0 Å². The van der Waals surface area contributed by atoms with Crippen molar-refractivity contribution >= 4 is 33.3 Å². The zero-order valence-corrected chi connectivity index (χ0v) is 16.4. The Hall–Kier alpha value is -2.51. The number of halogens is 1. The Bertz CT molecular complexity index is 1080. The molecule has 0 aliphatic rings. The summed E-state index contributed by atoms with van der Waals surface area (Å²) < 4.78 is 19.3. The first-order valence-corrected chi connectivity index (χ1v) is 10.1. The van der Waals surface area contributed by atoms with Crippen molar-refractivity contribution in [3.63, 3.8) is 0 Å². The molecule has 0 atom stereocenters. The highest BCUT2D eigenvalue weighted by Crippen LogP contribution is 2.36. The second kappa shape index (κ2) is 7.62. The van der Waals surface area contributed by atoms with Crippen LogP contribution >= 0.6 is 23.1 Å². The number of hydrogen-bond donors (Lipinski definition) is 0. The van der Waals surface area contributed by atoms with Crippen LogP contribution in [0.4, 0.5) is 4.39 Å². The fourth-order valence-electron chi connectivity index (χ4n) is 2.69. The molecule has 27 heavy (non-hydrogen) atoms. The SMILES string of the molecule is COc1ccc(-c2nnc(SCc3ccc(F)cc3)c3nc(C)sc23)cc1. The average molecular weight is 398 g/mol. The van der Waals surface area contributed by atoms with E-state index in [1.54, 1.807) is 42.3 Å². The number of thiazole rings is 1. The summed E-state index contributed by atoms with van der Waals surface area (Å²) >= 11 is 3.17. The number of benzene rings is 2. The first-order chi connectivity index (χ1) is 13.1. The van der Waals surface area contributed by atoms with Gasteiger partial charge in [0.25, 0.3) is 0 Å². The van der Waals surface area contributed by atoms with Crippen LogP contribution in [0.1, 0.15) is 10.6 Å². The highest BCUT2D eigenvalue weighted by Gasteiger charge is 2.16. The number of fused-ring (bicyclic) bond motifs is 1. The van der Waals surface area contributed by atoms with Gasteiger partial charge < -0.3 is 4.74 Å². The number of ether oxygens (including phenoxy) is 1. The largest absolute Gasteiger partial charge is 0.497 e. The first-order valence-electron chi connectivity index (χ1n) is 8.29. The van der Waals surface area contributed by atoms with E-state index in [-0.39, 0.29) is 5.82 Å². The fourth-order valence-corrected chi connectivity index (χ4v) is 4.56. The lowest BCUT2D eigenvalue weighted by molar-refractivity contribution is 0.415. The second-order valence-corrected chi connectivity index (χ2v) is 8.08. The number of methoxy groups -OCH3 is 1. The topological polar surface area (TPSA) is 47.9 Å². The van der Waals surface area contributed by atoms with Gasteiger partial charge in [0, 0.05) is 11.3 Å². The van der Waals surface area contributed by atoms with E-state index < -0.39 is 0 Å². The van der Waals surface area contributed by atoms with Crippen LogP contribution in [0.5, 0.6) is 5.75 Å². The molecular weight excluding hydrogens is 381 g/mol. The van der Waals surface area contributed by atoms with Crippen LogP contribution < -0.4 is 4.74 Å². The summed E-state index contributed by atoms with van der Waals surface area (Å²) in [6, 6.07) is 14.3. The number of thioether (sulfide) groups is 1. The summed E-state index contributed by atoms with van der Waals surface area (Å²) in [6.45, 7) is 1.98. The Balaban J connectivity index is 1.68. The van der Waals surface area contributed by atoms with E-state index >= 15 is 0 Å². The first kappa shape index (κ1) is 17.9. The maximum absolute atomic E-state index is 13.1. The van der Waals surface area contributed by atoms with E-state index in [0.29, 0.717) is 5.75 Å². The molecule has 0 spiro atoms. The lowest BCUT2D eigenvalue weighted by Crippen LogP contribution is -1.93. The van der Waals surface area contributed by atoms with Gasteiger partial charge in [0.1, 0.15) is 27.8 Å². The Morgan fingerprint density at radius 3 is 2.48 bits per heavy atom. The molecule has 136 valence electrons. The van der Waals surface area contributed by atoms with E-state index in [0.717, 1.165) is 42.8 Å². The van der Waals surface area contributed by atoms with Crippen molar-refractivity contribution in [1.29, 1.82) is 0 Å². The van der Waals surface area contributed by atoms with Gasteiger partial charge in [0.05, 0.1) is 16.8 Å². The van der Waals surface area contributed by atoms with Crippen molar-refractivity contribution in [3.8, 4) is 17.0 Å². The van der Waals surface area contributed by atoms with Crippen molar-refractivity contribution in [2.45, 2.75) is 17.7 Å². The van der Waals surface area contributed by atoms with E-state index in [4.69, 9.17) is 4.74 Å². The van der Waals surface area contributed by atoms with Crippen LogP contribution in [0, 0.1) is 12.7 Å². The summed E-state index contributed by atoms with van der Waals surface area (Å²) in [5, 5.41) is 10.7. The fraction of sp³-hybridized carbons (Fsp3) is 0.150. The minimum absolute atomic E-state index is 0.232. The molecule has 0 saturated heterocycles. The summed E-state index contributed by atoms with van der Waals surface area (Å²) in [5.74, 6) is 1.25. The monoisotopic (exact) mass is 397 g/mol. The minimum Gasteiger partial charge on any atom is -0.497 e. The van der Waals surface area contributed by atoms with Crippen LogP contribution in [0.3, 0.4) is 0 Å². The third-order valence-corrected chi connectivity index (χ3v) is 6.05. The Labute approximate surface area is 164 Å². The molecule has 0 radical (unpaired) electrons. The molecule has 0 N–H and O–H groups in total. The zero-order chi connectivity index (χ0) is 18.8. The van der Waals surface area contributed by atoms with E-state index in [1.165, 1.54) is 12.1 Å². The molecule has 4 nitrogen and oxygen atoms in total. The summed E-state index contributed by atoms with van der Waals surface area (Å²) in [5.41, 5.74) is 3.70. The van der Waals surface area contributed by atoms with Crippen molar-refractivity contribution < 1.29 is 9.13 Å².